The molecule has 0 unspecified atom stereocenters. The van der Waals surface area contributed by atoms with Crippen LogP contribution >= 0.6 is 15.9 Å². The molecule has 1 aromatic carbocycles. The lowest BCUT2D eigenvalue weighted by Gasteiger charge is -2.10. The third-order valence-corrected chi connectivity index (χ3v) is 3.94. The first-order valence-electron chi connectivity index (χ1n) is 7.66. The van der Waals surface area contributed by atoms with Gasteiger partial charge in [0.1, 0.15) is 5.75 Å². The molecule has 0 atom stereocenters. The summed E-state index contributed by atoms with van der Waals surface area (Å²) in [6.45, 7) is 6.55. The molecule has 0 amide bonds. The SMILES string of the molecule is COc1ccc(Br)cc1CNCCCCCCC(C)C. The van der Waals surface area contributed by atoms with Crippen LogP contribution in [0.3, 0.4) is 0 Å². The van der Waals surface area contributed by atoms with Gasteiger partial charge in [-0.15, -0.1) is 0 Å². The maximum atomic E-state index is 5.37. The second-order valence-corrected chi connectivity index (χ2v) is 6.65. The van der Waals surface area contributed by atoms with Gasteiger partial charge >= 0.3 is 0 Å². The Bertz CT molecular complexity index is 379. The summed E-state index contributed by atoms with van der Waals surface area (Å²) < 4.78 is 6.47. The van der Waals surface area contributed by atoms with E-state index in [9.17, 15) is 0 Å². The van der Waals surface area contributed by atoms with Crippen LogP contribution in [-0.4, -0.2) is 13.7 Å². The molecular weight excluding hydrogens is 314 g/mol. The summed E-state index contributed by atoms with van der Waals surface area (Å²) in [5.41, 5.74) is 1.21. The van der Waals surface area contributed by atoms with E-state index in [2.05, 4.69) is 41.2 Å². The van der Waals surface area contributed by atoms with Crippen LogP contribution in [-0.2, 0) is 6.54 Å². The van der Waals surface area contributed by atoms with E-state index in [4.69, 9.17) is 4.74 Å². The number of nitrogens with one attached hydrogen (secondary N) is 1. The topological polar surface area (TPSA) is 21.3 Å². The van der Waals surface area contributed by atoms with E-state index in [1.165, 1.54) is 37.7 Å². The number of benzene rings is 1. The molecule has 1 rings (SSSR count). The first-order valence-corrected chi connectivity index (χ1v) is 8.46. The Kier molecular flexibility index (Phi) is 8.95. The van der Waals surface area contributed by atoms with E-state index in [0.717, 1.165) is 29.2 Å². The number of unbranched alkanes of at least 4 members (excludes halogenated alkanes) is 3. The quantitative estimate of drug-likeness (QED) is 0.594. The normalized spacial score (nSPS) is 11.1. The number of halogens is 1. The largest absolute Gasteiger partial charge is 0.496 e. The van der Waals surface area contributed by atoms with E-state index in [1.54, 1.807) is 7.11 Å². The molecule has 0 heterocycles. The highest BCUT2D eigenvalue weighted by Crippen LogP contribution is 2.22. The fraction of sp³-hybridized carbons (Fsp3) is 0.647. The first kappa shape index (κ1) is 17.5. The molecule has 0 bridgehead atoms. The minimum Gasteiger partial charge on any atom is -0.496 e. The van der Waals surface area contributed by atoms with Gasteiger partial charge < -0.3 is 10.1 Å². The molecular formula is C17H28BrNO. The van der Waals surface area contributed by atoms with Crippen molar-refractivity contribution in [3.8, 4) is 5.75 Å². The maximum absolute atomic E-state index is 5.37. The summed E-state index contributed by atoms with van der Waals surface area (Å²) in [6, 6.07) is 6.14. The number of hydrogen-bond donors (Lipinski definition) is 1. The van der Waals surface area contributed by atoms with Gasteiger partial charge in [0.2, 0.25) is 0 Å². The molecule has 0 spiro atoms. The minimum atomic E-state index is 0.845. The van der Waals surface area contributed by atoms with Crippen molar-refractivity contribution in [2.75, 3.05) is 13.7 Å². The molecule has 2 nitrogen and oxygen atoms in total. The number of methoxy groups -OCH3 is 1. The summed E-state index contributed by atoms with van der Waals surface area (Å²) in [4.78, 5) is 0. The van der Waals surface area contributed by atoms with E-state index < -0.39 is 0 Å². The molecule has 0 fully saturated rings. The van der Waals surface area contributed by atoms with Gasteiger partial charge in [-0.25, -0.2) is 0 Å². The molecule has 20 heavy (non-hydrogen) atoms. The highest BCUT2D eigenvalue weighted by atomic mass is 79.9. The zero-order valence-corrected chi connectivity index (χ0v) is 14.6. The Morgan fingerprint density at radius 2 is 1.90 bits per heavy atom. The van der Waals surface area contributed by atoms with Gasteiger partial charge in [-0.2, -0.15) is 0 Å². The van der Waals surface area contributed by atoms with Crippen LogP contribution < -0.4 is 10.1 Å². The molecule has 0 aliphatic heterocycles. The van der Waals surface area contributed by atoms with Gasteiger partial charge in [0.05, 0.1) is 7.11 Å². The molecule has 0 aliphatic carbocycles. The monoisotopic (exact) mass is 341 g/mol. The molecule has 0 saturated heterocycles. The molecule has 0 radical (unpaired) electrons. The lowest BCUT2D eigenvalue weighted by atomic mass is 10.0. The van der Waals surface area contributed by atoms with Crippen LogP contribution in [0.15, 0.2) is 22.7 Å². The van der Waals surface area contributed by atoms with E-state index in [1.807, 2.05) is 12.1 Å². The average molecular weight is 342 g/mol. The molecule has 0 aromatic heterocycles. The number of rotatable bonds is 10. The van der Waals surface area contributed by atoms with Gasteiger partial charge in [0.15, 0.2) is 0 Å². The highest BCUT2D eigenvalue weighted by Gasteiger charge is 2.03. The third kappa shape index (κ3) is 7.30. The lowest BCUT2D eigenvalue weighted by Crippen LogP contribution is -2.15. The summed E-state index contributed by atoms with van der Waals surface area (Å²) in [7, 11) is 1.72. The molecule has 0 aliphatic rings. The van der Waals surface area contributed by atoms with E-state index >= 15 is 0 Å². The standard InChI is InChI=1S/C17H28BrNO/c1-14(2)8-6-4-5-7-11-19-13-15-12-16(18)9-10-17(15)20-3/h9-10,12,14,19H,4-8,11,13H2,1-3H3. The van der Waals surface area contributed by atoms with Crippen molar-refractivity contribution in [3.63, 3.8) is 0 Å². The zero-order chi connectivity index (χ0) is 14.8. The van der Waals surface area contributed by atoms with Crippen molar-refractivity contribution in [1.82, 2.24) is 5.32 Å². The third-order valence-electron chi connectivity index (χ3n) is 3.44. The predicted octanol–water partition coefficient (Wildman–Crippen LogP) is 5.15. The van der Waals surface area contributed by atoms with Crippen LogP contribution in [0.25, 0.3) is 0 Å². The molecule has 3 heteroatoms. The average Bonchev–Trinajstić information content (AvgIpc) is 2.41. The molecule has 1 aromatic rings. The summed E-state index contributed by atoms with van der Waals surface area (Å²) >= 11 is 3.50. The van der Waals surface area contributed by atoms with Crippen molar-refractivity contribution in [2.24, 2.45) is 5.92 Å². The predicted molar refractivity (Wildman–Crippen MR) is 90.3 cm³/mol. The van der Waals surface area contributed by atoms with Crippen LogP contribution in [0.1, 0.15) is 51.5 Å². The maximum Gasteiger partial charge on any atom is 0.123 e. The van der Waals surface area contributed by atoms with Crippen LogP contribution in [0.2, 0.25) is 0 Å². The number of hydrogen-bond acceptors (Lipinski definition) is 2. The summed E-state index contributed by atoms with van der Waals surface area (Å²) in [5, 5.41) is 3.50. The lowest BCUT2D eigenvalue weighted by molar-refractivity contribution is 0.407. The van der Waals surface area contributed by atoms with Crippen molar-refractivity contribution >= 4 is 15.9 Å². The Labute approximate surface area is 132 Å². The molecule has 1 N–H and O–H groups in total. The molecule has 114 valence electrons. The van der Waals surface area contributed by atoms with Gasteiger partial charge in [0, 0.05) is 16.6 Å². The van der Waals surface area contributed by atoms with E-state index in [0.29, 0.717) is 0 Å². The molecule has 0 saturated carbocycles. The highest BCUT2D eigenvalue weighted by molar-refractivity contribution is 9.10. The van der Waals surface area contributed by atoms with E-state index in [-0.39, 0.29) is 0 Å². The van der Waals surface area contributed by atoms with Gasteiger partial charge in [-0.3, -0.25) is 0 Å². The second-order valence-electron chi connectivity index (χ2n) is 5.73. The van der Waals surface area contributed by atoms with Crippen LogP contribution in [0.4, 0.5) is 0 Å². The van der Waals surface area contributed by atoms with Crippen LogP contribution in [0.5, 0.6) is 5.75 Å². The fourth-order valence-corrected chi connectivity index (χ4v) is 2.67. The van der Waals surface area contributed by atoms with Gasteiger partial charge in [-0.05, 0) is 37.1 Å². The van der Waals surface area contributed by atoms with Crippen molar-refractivity contribution in [1.29, 1.82) is 0 Å². The smallest absolute Gasteiger partial charge is 0.123 e. The Morgan fingerprint density at radius 3 is 2.60 bits per heavy atom. The summed E-state index contributed by atoms with van der Waals surface area (Å²) in [5.74, 6) is 1.80. The zero-order valence-electron chi connectivity index (χ0n) is 13.0. The van der Waals surface area contributed by atoms with Crippen molar-refractivity contribution < 1.29 is 4.74 Å². The van der Waals surface area contributed by atoms with Gasteiger partial charge in [-0.1, -0.05) is 55.5 Å². The van der Waals surface area contributed by atoms with Crippen molar-refractivity contribution in [3.05, 3.63) is 28.2 Å². The second kappa shape index (κ2) is 10.2. The Balaban J connectivity index is 2.13. The van der Waals surface area contributed by atoms with Crippen molar-refractivity contribution in [2.45, 2.75) is 52.5 Å². The minimum absolute atomic E-state index is 0.845. The Hall–Kier alpha value is -0.540. The van der Waals surface area contributed by atoms with Crippen LogP contribution in [0, 0.1) is 5.92 Å². The summed E-state index contributed by atoms with van der Waals surface area (Å²) in [6.07, 6.45) is 6.68. The Morgan fingerprint density at radius 1 is 1.15 bits per heavy atom. The van der Waals surface area contributed by atoms with Gasteiger partial charge in [0.25, 0.3) is 0 Å². The fourth-order valence-electron chi connectivity index (χ4n) is 2.26. The number of ether oxygens (including phenoxy) is 1. The first-order chi connectivity index (χ1) is 9.63.